The average molecular weight is 342 g/mol. The van der Waals surface area contributed by atoms with E-state index >= 15 is 0 Å². The first-order valence-corrected chi connectivity index (χ1v) is 8.80. The maximum absolute atomic E-state index is 12.5. The third-order valence-corrected chi connectivity index (χ3v) is 5.38. The third-order valence-electron chi connectivity index (χ3n) is 5.38. The third kappa shape index (κ3) is 3.18. The van der Waals surface area contributed by atoms with Crippen LogP contribution in [0, 0.1) is 5.92 Å². The monoisotopic (exact) mass is 342 g/mol. The maximum atomic E-state index is 12.5. The smallest absolute Gasteiger partial charge is 0.257 e. The van der Waals surface area contributed by atoms with Gasteiger partial charge in [0, 0.05) is 50.4 Å². The van der Waals surface area contributed by atoms with Gasteiger partial charge in [-0.05, 0) is 24.8 Å². The number of hydrogen-bond donors (Lipinski definition) is 1. The van der Waals surface area contributed by atoms with Gasteiger partial charge in [0.15, 0.2) is 0 Å². The van der Waals surface area contributed by atoms with Gasteiger partial charge < -0.3 is 19.2 Å². The Balaban J connectivity index is 1.41. The molecule has 2 aliphatic heterocycles. The van der Waals surface area contributed by atoms with E-state index in [0.717, 1.165) is 25.0 Å². The van der Waals surface area contributed by atoms with E-state index in [1.54, 1.807) is 18.6 Å². The van der Waals surface area contributed by atoms with Crippen LogP contribution in [0.1, 0.15) is 35.3 Å². The Morgan fingerprint density at radius 3 is 3.08 bits per heavy atom. The lowest BCUT2D eigenvalue weighted by atomic mass is 9.83. The Morgan fingerprint density at radius 2 is 2.32 bits per heavy atom. The predicted molar refractivity (Wildman–Crippen MR) is 89.7 cm³/mol. The van der Waals surface area contributed by atoms with E-state index in [1.165, 1.54) is 12.5 Å². The number of carbonyl (C=O) groups excluding carboxylic acids is 2. The number of amides is 2. The van der Waals surface area contributed by atoms with E-state index in [1.807, 2.05) is 9.80 Å². The molecule has 0 radical (unpaired) electrons. The molecule has 1 N–H and O–H groups in total. The van der Waals surface area contributed by atoms with Crippen LogP contribution in [0.3, 0.4) is 0 Å². The molecular weight excluding hydrogens is 320 g/mol. The molecule has 0 aromatic carbocycles. The van der Waals surface area contributed by atoms with E-state index in [-0.39, 0.29) is 17.9 Å². The second-order valence-electron chi connectivity index (χ2n) is 6.83. The predicted octanol–water partition coefficient (Wildman–Crippen LogP) is 1.70. The van der Waals surface area contributed by atoms with Gasteiger partial charge in [0.25, 0.3) is 5.91 Å². The summed E-state index contributed by atoms with van der Waals surface area (Å²) in [4.78, 5) is 36.0. The van der Waals surface area contributed by atoms with Crippen LogP contribution in [-0.4, -0.2) is 57.3 Å². The Morgan fingerprint density at radius 1 is 1.40 bits per heavy atom. The maximum Gasteiger partial charge on any atom is 0.257 e. The summed E-state index contributed by atoms with van der Waals surface area (Å²) in [6, 6.07) is 1.94. The van der Waals surface area contributed by atoms with Gasteiger partial charge in [0.1, 0.15) is 6.26 Å². The molecule has 0 aliphatic carbocycles. The van der Waals surface area contributed by atoms with Crippen molar-refractivity contribution >= 4 is 11.8 Å². The molecule has 2 aliphatic rings. The van der Waals surface area contributed by atoms with Crippen molar-refractivity contribution in [1.82, 2.24) is 19.8 Å². The summed E-state index contributed by atoms with van der Waals surface area (Å²) in [6.07, 6.45) is 9.53. The van der Waals surface area contributed by atoms with Crippen molar-refractivity contribution in [3.63, 3.8) is 0 Å². The molecule has 0 saturated carbocycles. The standard InChI is InChI=1S/C18H22N4O3/c23-17-2-1-13-10-21(18(24)14-5-8-25-11-14)6-4-16(13)22(17)7-3-15-9-19-12-20-15/h5,8-9,11-13,16H,1-4,6-7,10H2,(H,19,20). The molecule has 2 saturated heterocycles. The molecule has 2 amide bonds. The lowest BCUT2D eigenvalue weighted by Gasteiger charge is -2.47. The molecule has 7 heteroatoms. The molecule has 0 spiro atoms. The average Bonchev–Trinajstić information content (AvgIpc) is 3.33. The number of imidazole rings is 1. The number of aromatic nitrogens is 2. The molecule has 2 fully saturated rings. The highest BCUT2D eigenvalue weighted by molar-refractivity contribution is 5.94. The number of aromatic amines is 1. The first-order chi connectivity index (χ1) is 12.2. The van der Waals surface area contributed by atoms with Gasteiger partial charge in [-0.1, -0.05) is 0 Å². The van der Waals surface area contributed by atoms with Crippen molar-refractivity contribution in [2.75, 3.05) is 19.6 Å². The Labute approximate surface area is 146 Å². The van der Waals surface area contributed by atoms with Crippen LogP contribution in [-0.2, 0) is 11.2 Å². The number of fused-ring (bicyclic) bond motifs is 1. The molecule has 2 aromatic rings. The van der Waals surface area contributed by atoms with Crippen molar-refractivity contribution in [3.05, 3.63) is 42.4 Å². The minimum absolute atomic E-state index is 0.0214. The first-order valence-electron chi connectivity index (χ1n) is 8.80. The number of rotatable bonds is 4. The Kier molecular flexibility index (Phi) is 4.29. The normalized spacial score (nSPS) is 23.6. The van der Waals surface area contributed by atoms with Crippen molar-refractivity contribution in [2.45, 2.75) is 31.7 Å². The summed E-state index contributed by atoms with van der Waals surface area (Å²) in [6.45, 7) is 2.10. The Hall–Kier alpha value is -2.57. The fraction of sp³-hybridized carbons (Fsp3) is 0.500. The summed E-state index contributed by atoms with van der Waals surface area (Å²) in [5.74, 6) is 0.604. The molecule has 2 aromatic heterocycles. The van der Waals surface area contributed by atoms with Crippen LogP contribution < -0.4 is 0 Å². The van der Waals surface area contributed by atoms with Crippen LogP contribution in [0.15, 0.2) is 35.5 Å². The van der Waals surface area contributed by atoms with Crippen LogP contribution in [0.4, 0.5) is 0 Å². The first kappa shape index (κ1) is 15.9. The zero-order chi connectivity index (χ0) is 17.2. The summed E-state index contributed by atoms with van der Waals surface area (Å²) in [5, 5.41) is 0. The molecule has 25 heavy (non-hydrogen) atoms. The van der Waals surface area contributed by atoms with Gasteiger partial charge in [-0.25, -0.2) is 4.98 Å². The van der Waals surface area contributed by atoms with Crippen molar-refractivity contribution in [3.8, 4) is 0 Å². The largest absolute Gasteiger partial charge is 0.472 e. The van der Waals surface area contributed by atoms with Crippen molar-refractivity contribution < 1.29 is 14.0 Å². The van der Waals surface area contributed by atoms with E-state index < -0.39 is 0 Å². The highest BCUT2D eigenvalue weighted by atomic mass is 16.3. The number of furan rings is 1. The van der Waals surface area contributed by atoms with Crippen LogP contribution in [0.25, 0.3) is 0 Å². The number of piperidine rings is 2. The Bertz CT molecular complexity index is 726. The van der Waals surface area contributed by atoms with Crippen LogP contribution in [0.5, 0.6) is 0 Å². The lowest BCUT2D eigenvalue weighted by Crippen LogP contribution is -2.57. The molecule has 0 bridgehead atoms. The van der Waals surface area contributed by atoms with Gasteiger partial charge in [0.05, 0.1) is 18.2 Å². The quantitative estimate of drug-likeness (QED) is 0.917. The summed E-state index contributed by atoms with van der Waals surface area (Å²) < 4.78 is 5.02. The number of hydrogen-bond acceptors (Lipinski definition) is 4. The molecular formula is C18H22N4O3. The minimum Gasteiger partial charge on any atom is -0.472 e. The van der Waals surface area contributed by atoms with Gasteiger partial charge in [-0.3, -0.25) is 9.59 Å². The topological polar surface area (TPSA) is 82.4 Å². The van der Waals surface area contributed by atoms with E-state index in [2.05, 4.69) is 9.97 Å². The summed E-state index contributed by atoms with van der Waals surface area (Å²) >= 11 is 0. The number of nitrogens with one attached hydrogen (secondary N) is 1. The minimum atomic E-state index is 0.0214. The number of carbonyl (C=O) groups is 2. The van der Waals surface area contributed by atoms with Crippen molar-refractivity contribution in [2.24, 2.45) is 5.92 Å². The van der Waals surface area contributed by atoms with Crippen LogP contribution >= 0.6 is 0 Å². The van der Waals surface area contributed by atoms with Gasteiger partial charge in [-0.2, -0.15) is 0 Å². The molecule has 4 heterocycles. The molecule has 2 atom stereocenters. The number of nitrogens with zero attached hydrogens (tertiary/aromatic N) is 3. The van der Waals surface area contributed by atoms with E-state index in [0.29, 0.717) is 37.5 Å². The molecule has 2 unspecified atom stereocenters. The molecule has 7 nitrogen and oxygen atoms in total. The van der Waals surface area contributed by atoms with Gasteiger partial charge >= 0.3 is 0 Å². The second-order valence-corrected chi connectivity index (χ2v) is 6.83. The van der Waals surface area contributed by atoms with Gasteiger partial charge in [-0.15, -0.1) is 0 Å². The highest BCUT2D eigenvalue weighted by Gasteiger charge is 2.40. The molecule has 132 valence electrons. The number of H-pyrrole nitrogens is 1. The summed E-state index contributed by atoms with van der Waals surface area (Å²) in [5.41, 5.74) is 1.64. The zero-order valence-corrected chi connectivity index (χ0v) is 14.1. The fourth-order valence-corrected chi connectivity index (χ4v) is 4.06. The highest BCUT2D eigenvalue weighted by Crippen LogP contribution is 2.32. The zero-order valence-electron chi connectivity index (χ0n) is 14.1. The van der Waals surface area contributed by atoms with E-state index in [9.17, 15) is 9.59 Å². The van der Waals surface area contributed by atoms with Gasteiger partial charge in [0.2, 0.25) is 5.91 Å². The second kappa shape index (κ2) is 6.74. The van der Waals surface area contributed by atoms with Crippen LogP contribution in [0.2, 0.25) is 0 Å². The fourth-order valence-electron chi connectivity index (χ4n) is 4.06. The van der Waals surface area contributed by atoms with E-state index in [4.69, 9.17) is 4.42 Å². The SMILES string of the molecule is O=C(c1ccoc1)N1CCC2C(CCC(=O)N2CCc2cnc[nH]2)C1. The number of likely N-dealkylation sites (tertiary alicyclic amines) is 2. The lowest BCUT2D eigenvalue weighted by molar-refractivity contribution is -0.140. The molecule has 4 rings (SSSR count). The summed E-state index contributed by atoms with van der Waals surface area (Å²) in [7, 11) is 0. The van der Waals surface area contributed by atoms with Crippen molar-refractivity contribution in [1.29, 1.82) is 0 Å².